The first-order valence-corrected chi connectivity index (χ1v) is 10.9. The van der Waals surface area contributed by atoms with Gasteiger partial charge < -0.3 is 26.6 Å². The number of anilines is 1. The maximum absolute atomic E-state index is 12.5. The van der Waals surface area contributed by atoms with E-state index in [2.05, 4.69) is 10.4 Å². The Morgan fingerprint density at radius 3 is 2.43 bits per heavy atom. The van der Waals surface area contributed by atoms with E-state index < -0.39 is 5.91 Å². The maximum atomic E-state index is 12.5. The molecule has 0 radical (unpaired) electrons. The molecule has 9 heteroatoms. The molecule has 0 saturated carbocycles. The summed E-state index contributed by atoms with van der Waals surface area (Å²) in [5, 5.41) is 16.6. The number of primary amides is 1. The van der Waals surface area contributed by atoms with E-state index in [1.165, 1.54) is 11.8 Å². The third-order valence-electron chi connectivity index (χ3n) is 5.39. The molecule has 0 aliphatic rings. The molecular formula is C26H29N5O4. The lowest BCUT2D eigenvalue weighted by atomic mass is 10.0. The fraction of sp³-hybridized carbons (Fsp3) is 0.192. The number of ether oxygens (including phenoxy) is 1. The number of benzene rings is 2. The molecule has 3 aromatic rings. The second-order valence-corrected chi connectivity index (χ2v) is 7.94. The van der Waals surface area contributed by atoms with Gasteiger partial charge in [-0.15, -0.1) is 0 Å². The number of aliphatic hydroxyl groups is 1. The first-order valence-electron chi connectivity index (χ1n) is 10.9. The van der Waals surface area contributed by atoms with Gasteiger partial charge in [-0.3, -0.25) is 9.59 Å². The Kier molecular flexibility index (Phi) is 8.06. The van der Waals surface area contributed by atoms with Crippen LogP contribution in [0.25, 0.3) is 17.0 Å². The molecule has 1 heterocycles. The van der Waals surface area contributed by atoms with Gasteiger partial charge in [0, 0.05) is 17.8 Å². The van der Waals surface area contributed by atoms with E-state index in [0.29, 0.717) is 34.8 Å². The van der Waals surface area contributed by atoms with Gasteiger partial charge in [0.25, 0.3) is 11.8 Å². The lowest BCUT2D eigenvalue weighted by Crippen LogP contribution is -2.23. The second kappa shape index (κ2) is 11.2. The molecular weight excluding hydrogens is 446 g/mol. The zero-order valence-electron chi connectivity index (χ0n) is 19.9. The summed E-state index contributed by atoms with van der Waals surface area (Å²) in [4.78, 5) is 24.7. The number of allylic oxidation sites excluding steroid dienone is 3. The molecule has 1 aromatic heterocycles. The number of nitrogens with zero attached hydrogens (tertiary/aromatic N) is 2. The number of para-hydroxylation sites is 1. The Morgan fingerprint density at radius 2 is 1.80 bits per heavy atom. The van der Waals surface area contributed by atoms with Crippen LogP contribution in [-0.2, 0) is 6.54 Å². The summed E-state index contributed by atoms with van der Waals surface area (Å²) < 4.78 is 6.68. The van der Waals surface area contributed by atoms with Gasteiger partial charge in [0.2, 0.25) is 0 Å². The molecule has 35 heavy (non-hydrogen) atoms. The molecule has 182 valence electrons. The number of hydrogen-bond acceptors (Lipinski definition) is 6. The minimum Gasteiger partial charge on any atom is -0.496 e. The van der Waals surface area contributed by atoms with Crippen molar-refractivity contribution in [3.63, 3.8) is 0 Å². The highest BCUT2D eigenvalue weighted by molar-refractivity contribution is 6.03. The zero-order chi connectivity index (χ0) is 25.5. The predicted octanol–water partition coefficient (Wildman–Crippen LogP) is 2.97. The van der Waals surface area contributed by atoms with Crippen LogP contribution in [0.15, 0.2) is 66.3 Å². The van der Waals surface area contributed by atoms with Crippen molar-refractivity contribution < 1.29 is 19.4 Å². The van der Waals surface area contributed by atoms with Gasteiger partial charge in [-0.25, -0.2) is 4.68 Å². The topological polar surface area (TPSA) is 145 Å². The van der Waals surface area contributed by atoms with Gasteiger partial charge in [-0.05, 0) is 43.2 Å². The number of carbonyl (C=O) groups is 2. The van der Waals surface area contributed by atoms with Crippen LogP contribution in [0.5, 0.6) is 5.75 Å². The Hall–Kier alpha value is -4.37. The number of carbonyl (C=O) groups excluding carboxylic acids is 2. The summed E-state index contributed by atoms with van der Waals surface area (Å²) in [5.74, 6) is -0.308. The first kappa shape index (κ1) is 25.3. The largest absolute Gasteiger partial charge is 0.496 e. The van der Waals surface area contributed by atoms with E-state index >= 15 is 0 Å². The first-order chi connectivity index (χ1) is 16.8. The Bertz CT molecular complexity index is 1290. The van der Waals surface area contributed by atoms with Crippen molar-refractivity contribution >= 4 is 23.3 Å². The third-order valence-corrected chi connectivity index (χ3v) is 5.39. The molecule has 9 nitrogen and oxygen atoms in total. The monoisotopic (exact) mass is 475 g/mol. The fourth-order valence-electron chi connectivity index (χ4n) is 3.42. The number of methoxy groups -OCH3 is 1. The number of nitrogens with two attached hydrogens (primary N) is 2. The van der Waals surface area contributed by atoms with Gasteiger partial charge in [0.1, 0.15) is 22.8 Å². The molecule has 0 spiro atoms. The highest BCUT2D eigenvalue weighted by Gasteiger charge is 2.22. The molecule has 0 aliphatic heterocycles. The van der Waals surface area contributed by atoms with Crippen molar-refractivity contribution in [2.24, 2.45) is 5.73 Å². The molecule has 0 unspecified atom stereocenters. The molecule has 0 fully saturated rings. The second-order valence-electron chi connectivity index (χ2n) is 7.94. The summed E-state index contributed by atoms with van der Waals surface area (Å²) in [6.07, 6.45) is 3.49. The van der Waals surface area contributed by atoms with Gasteiger partial charge in [-0.1, -0.05) is 42.5 Å². The van der Waals surface area contributed by atoms with Crippen LogP contribution in [0.2, 0.25) is 0 Å². The van der Waals surface area contributed by atoms with Crippen molar-refractivity contribution in [1.29, 1.82) is 0 Å². The van der Waals surface area contributed by atoms with Crippen LogP contribution in [0.4, 0.5) is 5.82 Å². The lowest BCUT2D eigenvalue weighted by molar-refractivity contribution is 0.0946. The maximum Gasteiger partial charge on any atom is 0.255 e. The van der Waals surface area contributed by atoms with Gasteiger partial charge in [-0.2, -0.15) is 5.10 Å². The van der Waals surface area contributed by atoms with Crippen LogP contribution >= 0.6 is 0 Å². The molecule has 6 N–H and O–H groups in total. The van der Waals surface area contributed by atoms with Gasteiger partial charge in [0.05, 0.1) is 19.3 Å². The third kappa shape index (κ3) is 5.77. The molecule has 0 bridgehead atoms. The van der Waals surface area contributed by atoms with E-state index in [-0.39, 0.29) is 23.9 Å². The van der Waals surface area contributed by atoms with Gasteiger partial charge in [0.15, 0.2) is 0 Å². The smallest absolute Gasteiger partial charge is 0.255 e. The predicted molar refractivity (Wildman–Crippen MR) is 136 cm³/mol. The van der Waals surface area contributed by atoms with Gasteiger partial charge >= 0.3 is 0 Å². The van der Waals surface area contributed by atoms with Crippen LogP contribution in [0.1, 0.15) is 40.1 Å². The highest BCUT2D eigenvalue weighted by atomic mass is 16.5. The number of hydrogen-bond donors (Lipinski definition) is 4. The van der Waals surface area contributed by atoms with Crippen LogP contribution < -0.4 is 21.5 Å². The van der Waals surface area contributed by atoms with Crippen molar-refractivity contribution in [2.45, 2.75) is 20.4 Å². The van der Waals surface area contributed by atoms with Crippen LogP contribution in [-0.4, -0.2) is 40.4 Å². The quantitative estimate of drug-likeness (QED) is 0.350. The average molecular weight is 476 g/mol. The molecule has 0 aliphatic carbocycles. The highest BCUT2D eigenvalue weighted by Crippen LogP contribution is 2.29. The minimum atomic E-state index is -0.688. The van der Waals surface area contributed by atoms with Crippen LogP contribution in [0, 0.1) is 0 Å². The number of nitrogen functional groups attached to an aromatic ring is 1. The Morgan fingerprint density at radius 1 is 1.11 bits per heavy atom. The average Bonchev–Trinajstić information content (AvgIpc) is 3.23. The number of amides is 2. The number of rotatable bonds is 9. The Balaban J connectivity index is 1.83. The normalized spacial score (nSPS) is 11.9. The summed E-state index contributed by atoms with van der Waals surface area (Å²) in [6.45, 7) is 3.81. The number of aliphatic hydroxyl groups excluding tert-OH is 1. The summed E-state index contributed by atoms with van der Waals surface area (Å²) >= 11 is 0. The lowest BCUT2D eigenvalue weighted by Gasteiger charge is -2.09. The Labute approximate surface area is 203 Å². The van der Waals surface area contributed by atoms with E-state index in [1.54, 1.807) is 62.4 Å². The molecule has 0 saturated heterocycles. The summed E-state index contributed by atoms with van der Waals surface area (Å²) in [5.41, 5.74) is 15.7. The fourth-order valence-corrected chi connectivity index (χ4v) is 3.42. The van der Waals surface area contributed by atoms with Crippen molar-refractivity contribution in [3.05, 3.63) is 82.9 Å². The van der Waals surface area contributed by atoms with E-state index in [0.717, 1.165) is 11.1 Å². The summed E-state index contributed by atoms with van der Waals surface area (Å²) in [7, 11) is 1.52. The molecule has 2 aromatic carbocycles. The van der Waals surface area contributed by atoms with Crippen molar-refractivity contribution in [2.75, 3.05) is 19.5 Å². The van der Waals surface area contributed by atoms with Crippen LogP contribution in [0.3, 0.4) is 0 Å². The molecule has 2 amide bonds. The van der Waals surface area contributed by atoms with E-state index in [4.69, 9.17) is 16.2 Å². The van der Waals surface area contributed by atoms with E-state index in [9.17, 15) is 14.7 Å². The number of nitrogens with one attached hydrogen (secondary N) is 1. The molecule has 3 rings (SSSR count). The van der Waals surface area contributed by atoms with Crippen molar-refractivity contribution in [3.8, 4) is 17.0 Å². The summed E-state index contributed by atoms with van der Waals surface area (Å²) in [6, 6.07) is 14.2. The minimum absolute atomic E-state index is 0.0676. The van der Waals surface area contributed by atoms with E-state index in [1.807, 2.05) is 12.1 Å². The van der Waals surface area contributed by atoms with Crippen molar-refractivity contribution in [1.82, 2.24) is 15.1 Å². The standard InChI is InChI=1S/C26H29N5O4/c1-16(15-32)8-9-17(2)31-24(27)22(25(28)33)23(30-31)19-12-10-18(11-13-19)14-29-26(34)20-6-4-5-7-21(20)35-3/h4-13,32H,14-15,27H2,1-3H3,(H2,28,33)(H,29,34)/b16-8+,17-9+. The zero-order valence-corrected chi connectivity index (χ0v) is 19.9. The number of aromatic nitrogens is 2. The SMILES string of the molecule is COc1ccccc1C(=O)NCc1ccc(-c2nn(/C(C)=C/C=C(\C)CO)c(N)c2C(N)=O)cc1. The molecule has 0 atom stereocenters.